The van der Waals surface area contributed by atoms with Crippen LogP contribution in [0.3, 0.4) is 0 Å². The first-order valence-electron chi connectivity index (χ1n) is 11.4. The molecule has 0 heterocycles. The molecule has 0 atom stereocenters. The van der Waals surface area contributed by atoms with Crippen LogP contribution in [0.2, 0.25) is 0 Å². The van der Waals surface area contributed by atoms with E-state index in [1.165, 1.54) is 52.7 Å². The van der Waals surface area contributed by atoms with Crippen LogP contribution < -0.4 is 23.7 Å². The largest absolute Gasteiger partial charge is 0.493 e. The number of methoxy groups -OCH3 is 4. The molecular formula is C28H32FNO6S. The number of halogens is 1. The molecule has 0 saturated carbocycles. The first kappa shape index (κ1) is 27.9. The maximum absolute atomic E-state index is 14.6. The predicted molar refractivity (Wildman–Crippen MR) is 144 cm³/mol. The highest BCUT2D eigenvalue weighted by Crippen LogP contribution is 2.39. The topological polar surface area (TPSA) is 83.1 Å². The standard InChI is InChI=1S/C28H32FNO6S/c1-28(2,3)20-11-13-21(14-12-20)37(31,32)30-25-19(10-15-22(29)26(25)35-6)9-8-18-16-23(33-4)27(36-7)24(17-18)34-5/h8-17,30H,1-7H3. The van der Waals surface area contributed by atoms with Gasteiger partial charge in [-0.15, -0.1) is 0 Å². The number of anilines is 1. The van der Waals surface area contributed by atoms with Crippen molar-refractivity contribution in [2.75, 3.05) is 33.2 Å². The number of benzene rings is 3. The fourth-order valence-electron chi connectivity index (χ4n) is 3.73. The number of rotatable bonds is 9. The van der Waals surface area contributed by atoms with E-state index in [2.05, 4.69) is 4.72 Å². The molecule has 0 saturated heterocycles. The van der Waals surface area contributed by atoms with E-state index in [0.717, 1.165) is 5.56 Å². The summed E-state index contributed by atoms with van der Waals surface area (Å²) in [5.74, 6) is 0.433. The molecule has 0 aliphatic carbocycles. The summed E-state index contributed by atoms with van der Waals surface area (Å²) in [7, 11) is 1.76. The van der Waals surface area contributed by atoms with Gasteiger partial charge in [0, 0.05) is 5.56 Å². The van der Waals surface area contributed by atoms with Crippen LogP contribution in [0, 0.1) is 5.82 Å². The Labute approximate surface area is 217 Å². The Balaban J connectivity index is 2.04. The molecule has 0 radical (unpaired) electrons. The Hall–Kier alpha value is -3.72. The molecule has 7 nitrogen and oxygen atoms in total. The highest BCUT2D eigenvalue weighted by molar-refractivity contribution is 7.92. The average Bonchev–Trinajstić information content (AvgIpc) is 2.87. The van der Waals surface area contributed by atoms with Crippen molar-refractivity contribution in [3.8, 4) is 23.0 Å². The SMILES string of the molecule is COc1cc(C=Cc2ccc(F)c(OC)c2NS(=O)(=O)c2ccc(C(C)(C)C)cc2)cc(OC)c1OC. The molecule has 198 valence electrons. The van der Waals surface area contributed by atoms with Gasteiger partial charge in [-0.25, -0.2) is 12.8 Å². The Morgan fingerprint density at radius 2 is 1.35 bits per heavy atom. The molecular weight excluding hydrogens is 497 g/mol. The Morgan fingerprint density at radius 3 is 1.84 bits per heavy atom. The molecule has 0 aliphatic rings. The van der Waals surface area contributed by atoms with Crippen LogP contribution in [0.15, 0.2) is 53.4 Å². The van der Waals surface area contributed by atoms with E-state index in [0.29, 0.717) is 28.4 Å². The number of sulfonamides is 1. The highest BCUT2D eigenvalue weighted by atomic mass is 32.2. The fraction of sp³-hybridized carbons (Fsp3) is 0.286. The van der Waals surface area contributed by atoms with Crippen molar-refractivity contribution >= 4 is 27.9 Å². The number of nitrogens with one attached hydrogen (secondary N) is 1. The molecule has 9 heteroatoms. The van der Waals surface area contributed by atoms with Gasteiger partial charge in [0.1, 0.15) is 5.69 Å². The molecule has 0 spiro atoms. The van der Waals surface area contributed by atoms with Crippen molar-refractivity contribution < 1.29 is 31.8 Å². The molecule has 0 unspecified atom stereocenters. The Bertz CT molecular complexity index is 1370. The number of hydrogen-bond acceptors (Lipinski definition) is 6. The molecule has 0 aromatic heterocycles. The van der Waals surface area contributed by atoms with E-state index < -0.39 is 15.8 Å². The summed E-state index contributed by atoms with van der Waals surface area (Å²) < 4.78 is 65.0. The summed E-state index contributed by atoms with van der Waals surface area (Å²) in [6.07, 6.45) is 3.36. The second-order valence-electron chi connectivity index (χ2n) is 9.22. The van der Waals surface area contributed by atoms with E-state index >= 15 is 0 Å². The predicted octanol–water partition coefficient (Wildman–Crippen LogP) is 6.13. The van der Waals surface area contributed by atoms with Gasteiger partial charge in [0.2, 0.25) is 5.75 Å². The summed E-state index contributed by atoms with van der Waals surface area (Å²) in [5, 5.41) is 0. The minimum absolute atomic E-state index is 0.0221. The minimum atomic E-state index is -4.05. The molecule has 1 N–H and O–H groups in total. The molecule has 0 bridgehead atoms. The van der Waals surface area contributed by atoms with Gasteiger partial charge in [0.05, 0.1) is 33.3 Å². The molecule has 3 rings (SSSR count). The summed E-state index contributed by atoms with van der Waals surface area (Å²) in [4.78, 5) is 0.0476. The van der Waals surface area contributed by atoms with E-state index in [9.17, 15) is 12.8 Å². The van der Waals surface area contributed by atoms with E-state index in [-0.39, 0.29) is 21.7 Å². The van der Waals surface area contributed by atoms with Crippen LogP contribution in [0.1, 0.15) is 37.5 Å². The third-order valence-corrected chi connectivity index (χ3v) is 7.12. The Morgan fingerprint density at radius 1 is 0.784 bits per heavy atom. The smallest absolute Gasteiger partial charge is 0.262 e. The first-order chi connectivity index (χ1) is 17.4. The normalized spacial score (nSPS) is 11.9. The third-order valence-electron chi connectivity index (χ3n) is 5.76. The van der Waals surface area contributed by atoms with E-state index in [1.54, 1.807) is 36.4 Å². The average molecular weight is 530 g/mol. The monoisotopic (exact) mass is 529 g/mol. The molecule has 0 aliphatic heterocycles. The van der Waals surface area contributed by atoms with E-state index in [4.69, 9.17) is 18.9 Å². The van der Waals surface area contributed by atoms with Crippen molar-refractivity contribution in [1.82, 2.24) is 0 Å². The highest BCUT2D eigenvalue weighted by Gasteiger charge is 2.22. The van der Waals surface area contributed by atoms with Crippen molar-refractivity contribution in [2.24, 2.45) is 0 Å². The third kappa shape index (κ3) is 6.17. The second kappa shape index (κ2) is 11.1. The van der Waals surface area contributed by atoms with Gasteiger partial charge in [-0.1, -0.05) is 45.1 Å². The van der Waals surface area contributed by atoms with Crippen molar-refractivity contribution in [3.05, 3.63) is 71.0 Å². The van der Waals surface area contributed by atoms with Crippen LogP contribution in [0.25, 0.3) is 12.2 Å². The van der Waals surface area contributed by atoms with Crippen LogP contribution >= 0.6 is 0 Å². The lowest BCUT2D eigenvalue weighted by Gasteiger charge is -2.19. The fourth-order valence-corrected chi connectivity index (χ4v) is 4.82. The van der Waals surface area contributed by atoms with Crippen molar-refractivity contribution in [3.63, 3.8) is 0 Å². The van der Waals surface area contributed by atoms with Gasteiger partial charge in [0.15, 0.2) is 23.1 Å². The lowest BCUT2D eigenvalue weighted by Crippen LogP contribution is -2.16. The zero-order valence-electron chi connectivity index (χ0n) is 22.0. The maximum Gasteiger partial charge on any atom is 0.262 e. The molecule has 0 amide bonds. The Kier molecular flexibility index (Phi) is 8.38. The van der Waals surface area contributed by atoms with Gasteiger partial charge >= 0.3 is 0 Å². The lowest BCUT2D eigenvalue weighted by molar-refractivity contribution is 0.324. The van der Waals surface area contributed by atoms with Crippen LogP contribution in [-0.2, 0) is 15.4 Å². The van der Waals surface area contributed by atoms with Crippen molar-refractivity contribution in [1.29, 1.82) is 0 Å². The van der Waals surface area contributed by atoms with Gasteiger partial charge in [-0.3, -0.25) is 4.72 Å². The molecule has 3 aromatic rings. The van der Waals surface area contributed by atoms with Gasteiger partial charge in [-0.05, 0) is 52.9 Å². The zero-order valence-corrected chi connectivity index (χ0v) is 22.8. The van der Waals surface area contributed by atoms with Crippen LogP contribution in [-0.4, -0.2) is 36.9 Å². The van der Waals surface area contributed by atoms with Gasteiger partial charge < -0.3 is 18.9 Å². The summed E-state index contributed by atoms with van der Waals surface area (Å²) in [5.41, 5.74) is 1.91. The van der Waals surface area contributed by atoms with Crippen LogP contribution in [0.4, 0.5) is 10.1 Å². The molecule has 3 aromatic carbocycles. The molecule has 37 heavy (non-hydrogen) atoms. The summed E-state index contributed by atoms with van der Waals surface area (Å²) in [6, 6.07) is 12.7. The van der Waals surface area contributed by atoms with Crippen LogP contribution in [0.5, 0.6) is 23.0 Å². The number of hydrogen-bond donors (Lipinski definition) is 1. The quantitative estimate of drug-likeness (QED) is 0.336. The summed E-state index contributed by atoms with van der Waals surface area (Å²) >= 11 is 0. The minimum Gasteiger partial charge on any atom is -0.493 e. The van der Waals surface area contributed by atoms with E-state index in [1.807, 2.05) is 20.8 Å². The lowest BCUT2D eigenvalue weighted by atomic mass is 9.87. The first-order valence-corrected chi connectivity index (χ1v) is 12.9. The molecule has 0 fully saturated rings. The number of ether oxygens (including phenoxy) is 4. The zero-order chi connectivity index (χ0) is 27.4. The van der Waals surface area contributed by atoms with Gasteiger partial charge in [-0.2, -0.15) is 0 Å². The maximum atomic E-state index is 14.6. The second-order valence-corrected chi connectivity index (χ2v) is 10.9. The summed E-state index contributed by atoms with van der Waals surface area (Å²) in [6.45, 7) is 6.12. The van der Waals surface area contributed by atoms with Crippen molar-refractivity contribution in [2.45, 2.75) is 31.1 Å². The van der Waals surface area contributed by atoms with Gasteiger partial charge in [0.25, 0.3) is 10.0 Å².